The van der Waals surface area contributed by atoms with Crippen LogP contribution in [0.15, 0.2) is 30.5 Å². The van der Waals surface area contributed by atoms with E-state index in [4.69, 9.17) is 0 Å². The lowest BCUT2D eigenvalue weighted by atomic mass is 10.0. The first kappa shape index (κ1) is 13.7. The fraction of sp³-hybridized carbons (Fsp3) is 0.357. The maximum Gasteiger partial charge on any atom is 0.126 e. The van der Waals surface area contributed by atoms with E-state index in [1.165, 1.54) is 12.1 Å². The Labute approximate surface area is 111 Å². The molecule has 2 rings (SSSR count). The van der Waals surface area contributed by atoms with Crippen LogP contribution < -0.4 is 5.32 Å². The number of hydrogen-bond acceptors (Lipinski definition) is 2. The highest BCUT2D eigenvalue weighted by Gasteiger charge is 2.14. The van der Waals surface area contributed by atoms with Crippen molar-refractivity contribution >= 4 is 0 Å². The van der Waals surface area contributed by atoms with Crippen LogP contribution >= 0.6 is 0 Å². The van der Waals surface area contributed by atoms with Gasteiger partial charge in [-0.1, -0.05) is 6.92 Å². The molecule has 2 aromatic rings. The maximum absolute atomic E-state index is 13.2. The second-order valence-corrected chi connectivity index (χ2v) is 4.51. The summed E-state index contributed by atoms with van der Waals surface area (Å²) in [6.45, 7) is 2.75. The Hall–Kier alpha value is -1.75. The quantitative estimate of drug-likeness (QED) is 0.900. The first-order valence-electron chi connectivity index (χ1n) is 6.26. The number of hydrogen-bond donors (Lipinski definition) is 1. The molecule has 102 valence electrons. The van der Waals surface area contributed by atoms with Gasteiger partial charge in [0.05, 0.1) is 11.7 Å². The lowest BCUT2D eigenvalue weighted by Crippen LogP contribution is -2.23. The van der Waals surface area contributed by atoms with Crippen LogP contribution in [0.1, 0.15) is 24.2 Å². The van der Waals surface area contributed by atoms with Crippen molar-refractivity contribution in [2.24, 2.45) is 7.05 Å². The number of nitrogens with one attached hydrogen (secondary N) is 1. The monoisotopic (exact) mass is 265 g/mol. The minimum atomic E-state index is -0.550. The summed E-state index contributed by atoms with van der Waals surface area (Å²) in [7, 11) is 1.84. The average Bonchev–Trinajstić information content (AvgIpc) is 2.74. The highest BCUT2D eigenvalue weighted by Crippen LogP contribution is 2.18. The molecule has 0 aliphatic heterocycles. The summed E-state index contributed by atoms with van der Waals surface area (Å²) >= 11 is 0. The third kappa shape index (κ3) is 3.61. The average molecular weight is 265 g/mol. The van der Waals surface area contributed by atoms with Crippen molar-refractivity contribution in [3.8, 4) is 0 Å². The van der Waals surface area contributed by atoms with Crippen LogP contribution in [-0.2, 0) is 13.5 Å². The van der Waals surface area contributed by atoms with E-state index in [1.54, 1.807) is 4.68 Å². The second-order valence-electron chi connectivity index (χ2n) is 4.51. The van der Waals surface area contributed by atoms with Gasteiger partial charge in [-0.25, -0.2) is 8.78 Å². The Kier molecular flexibility index (Phi) is 4.27. The van der Waals surface area contributed by atoms with E-state index < -0.39 is 11.6 Å². The SMILES string of the molecule is CCNC(Cc1cc(F)cc(F)c1)c1ccn(C)n1. The van der Waals surface area contributed by atoms with Gasteiger partial charge in [0.1, 0.15) is 11.6 Å². The molecule has 3 nitrogen and oxygen atoms in total. The third-order valence-electron chi connectivity index (χ3n) is 2.90. The molecular formula is C14H17F2N3. The number of halogens is 2. The molecule has 1 aromatic heterocycles. The number of likely N-dealkylation sites (N-methyl/N-ethyl adjacent to an activating group) is 1. The first-order valence-corrected chi connectivity index (χ1v) is 6.26. The lowest BCUT2D eigenvalue weighted by molar-refractivity contribution is 0.521. The Morgan fingerprint density at radius 2 is 1.95 bits per heavy atom. The molecule has 0 saturated heterocycles. The number of rotatable bonds is 5. The van der Waals surface area contributed by atoms with E-state index in [0.29, 0.717) is 12.0 Å². The van der Waals surface area contributed by atoms with Crippen molar-refractivity contribution in [1.29, 1.82) is 0 Å². The first-order chi connectivity index (χ1) is 9.08. The number of aromatic nitrogens is 2. The smallest absolute Gasteiger partial charge is 0.126 e. The van der Waals surface area contributed by atoms with Gasteiger partial charge in [-0.3, -0.25) is 4.68 Å². The van der Waals surface area contributed by atoms with E-state index in [9.17, 15) is 8.78 Å². The zero-order chi connectivity index (χ0) is 13.8. The molecule has 1 N–H and O–H groups in total. The van der Waals surface area contributed by atoms with E-state index in [1.807, 2.05) is 26.2 Å². The number of nitrogens with zero attached hydrogens (tertiary/aromatic N) is 2. The molecule has 0 radical (unpaired) electrons. The molecule has 0 fully saturated rings. The zero-order valence-electron chi connectivity index (χ0n) is 11.0. The summed E-state index contributed by atoms with van der Waals surface area (Å²) < 4.78 is 28.1. The molecule has 0 aliphatic rings. The van der Waals surface area contributed by atoms with Gasteiger partial charge >= 0.3 is 0 Å². The second kappa shape index (κ2) is 5.93. The minimum Gasteiger partial charge on any atom is -0.309 e. The van der Waals surface area contributed by atoms with E-state index in [0.717, 1.165) is 18.3 Å². The normalized spacial score (nSPS) is 12.6. The predicted octanol–water partition coefficient (Wildman–Crippen LogP) is 2.59. The van der Waals surface area contributed by atoms with Crippen molar-refractivity contribution in [1.82, 2.24) is 15.1 Å². The topological polar surface area (TPSA) is 29.9 Å². The summed E-state index contributed by atoms with van der Waals surface area (Å²) in [5.41, 5.74) is 1.49. The molecule has 1 heterocycles. The molecule has 0 bridgehead atoms. The summed E-state index contributed by atoms with van der Waals surface area (Å²) in [6, 6.07) is 5.45. The molecule has 0 amide bonds. The predicted molar refractivity (Wildman–Crippen MR) is 69.7 cm³/mol. The Balaban J connectivity index is 2.20. The van der Waals surface area contributed by atoms with E-state index in [2.05, 4.69) is 10.4 Å². The molecule has 0 spiro atoms. The van der Waals surface area contributed by atoms with Crippen molar-refractivity contribution < 1.29 is 8.78 Å². The summed E-state index contributed by atoms with van der Waals surface area (Å²) in [4.78, 5) is 0. The van der Waals surface area contributed by atoms with Gasteiger partial charge in [0.25, 0.3) is 0 Å². The molecule has 1 unspecified atom stereocenters. The Morgan fingerprint density at radius 3 is 2.47 bits per heavy atom. The standard InChI is InChI=1S/C14H17F2N3/c1-3-17-14(13-4-5-19(2)18-13)8-10-6-11(15)9-12(16)7-10/h4-7,9,14,17H,3,8H2,1-2H3. The largest absolute Gasteiger partial charge is 0.309 e. The fourth-order valence-electron chi connectivity index (χ4n) is 2.11. The Bertz CT molecular complexity index is 531. The molecular weight excluding hydrogens is 248 g/mol. The van der Waals surface area contributed by atoms with Gasteiger partial charge < -0.3 is 5.32 Å². The summed E-state index contributed by atoms with van der Waals surface area (Å²) in [5.74, 6) is -1.10. The molecule has 5 heteroatoms. The van der Waals surface area contributed by atoms with Crippen LogP contribution in [0.3, 0.4) is 0 Å². The summed E-state index contributed by atoms with van der Waals surface area (Å²) in [6.07, 6.45) is 2.35. The van der Waals surface area contributed by atoms with Gasteiger partial charge in [-0.05, 0) is 36.7 Å². The highest BCUT2D eigenvalue weighted by molar-refractivity contribution is 5.21. The molecule has 0 aliphatic carbocycles. The zero-order valence-corrected chi connectivity index (χ0v) is 11.0. The maximum atomic E-state index is 13.2. The number of aryl methyl sites for hydroxylation is 1. The molecule has 1 aromatic carbocycles. The Morgan fingerprint density at radius 1 is 1.26 bits per heavy atom. The minimum absolute atomic E-state index is 0.0487. The van der Waals surface area contributed by atoms with Gasteiger partial charge in [-0.2, -0.15) is 5.10 Å². The van der Waals surface area contributed by atoms with E-state index in [-0.39, 0.29) is 6.04 Å². The van der Waals surface area contributed by atoms with Crippen LogP contribution in [0.2, 0.25) is 0 Å². The molecule has 19 heavy (non-hydrogen) atoms. The molecule has 0 saturated carbocycles. The van der Waals surface area contributed by atoms with Crippen molar-refractivity contribution in [3.63, 3.8) is 0 Å². The van der Waals surface area contributed by atoms with Gasteiger partial charge in [-0.15, -0.1) is 0 Å². The molecule has 1 atom stereocenters. The number of benzene rings is 1. The van der Waals surface area contributed by atoms with Gasteiger partial charge in [0.15, 0.2) is 0 Å². The third-order valence-corrected chi connectivity index (χ3v) is 2.90. The van der Waals surface area contributed by atoms with Gasteiger partial charge in [0.2, 0.25) is 0 Å². The van der Waals surface area contributed by atoms with Crippen molar-refractivity contribution in [2.45, 2.75) is 19.4 Å². The lowest BCUT2D eigenvalue weighted by Gasteiger charge is -2.16. The van der Waals surface area contributed by atoms with Crippen molar-refractivity contribution in [2.75, 3.05) is 6.54 Å². The van der Waals surface area contributed by atoms with Crippen LogP contribution in [0.25, 0.3) is 0 Å². The fourth-order valence-corrected chi connectivity index (χ4v) is 2.11. The van der Waals surface area contributed by atoms with Crippen LogP contribution in [0.5, 0.6) is 0 Å². The summed E-state index contributed by atoms with van der Waals surface area (Å²) in [5, 5.41) is 7.62. The highest BCUT2D eigenvalue weighted by atomic mass is 19.1. The van der Waals surface area contributed by atoms with Crippen molar-refractivity contribution in [3.05, 3.63) is 53.4 Å². The van der Waals surface area contributed by atoms with Crippen LogP contribution in [0, 0.1) is 11.6 Å². The van der Waals surface area contributed by atoms with Crippen LogP contribution in [-0.4, -0.2) is 16.3 Å². The van der Waals surface area contributed by atoms with Gasteiger partial charge in [0, 0.05) is 19.3 Å². The van der Waals surface area contributed by atoms with Crippen LogP contribution in [0.4, 0.5) is 8.78 Å². The van der Waals surface area contributed by atoms with E-state index >= 15 is 0 Å².